The molecule has 3 aromatic heterocycles. The minimum Gasteiger partial charge on any atom is -0.383 e. The van der Waals surface area contributed by atoms with Gasteiger partial charge in [0.05, 0.1) is 18.2 Å². The topological polar surface area (TPSA) is 95.7 Å². The smallest absolute Gasteiger partial charge is 0.223 e. The molecule has 0 saturated carbocycles. The van der Waals surface area contributed by atoms with Crippen molar-refractivity contribution in [3.63, 3.8) is 0 Å². The lowest BCUT2D eigenvalue weighted by Gasteiger charge is -2.08. The second-order valence-corrected chi connectivity index (χ2v) is 4.39. The Kier molecular flexibility index (Phi) is 3.16. The molecule has 0 aromatic carbocycles. The third kappa shape index (κ3) is 2.37. The maximum atomic E-state index is 5.90. The van der Waals surface area contributed by atoms with E-state index in [1.165, 1.54) is 0 Å². The maximum Gasteiger partial charge on any atom is 0.223 e. The van der Waals surface area contributed by atoms with Crippen LogP contribution in [0.1, 0.15) is 11.7 Å². The number of nitrogens with zero attached hydrogens (tertiary/aromatic N) is 5. The van der Waals surface area contributed by atoms with Crippen LogP contribution in [0, 0.1) is 6.92 Å². The fourth-order valence-electron chi connectivity index (χ4n) is 2.02. The second kappa shape index (κ2) is 5.12. The number of hydrogen-bond donors (Lipinski definition) is 1. The molecule has 0 aliphatic heterocycles. The lowest BCUT2D eigenvalue weighted by Crippen LogP contribution is -2.04. The van der Waals surface area contributed by atoms with Gasteiger partial charge in [-0.25, -0.2) is 9.97 Å². The van der Waals surface area contributed by atoms with Gasteiger partial charge in [-0.2, -0.15) is 4.98 Å². The van der Waals surface area contributed by atoms with Crippen LogP contribution in [0.5, 0.6) is 0 Å². The van der Waals surface area contributed by atoms with Gasteiger partial charge in [-0.05, 0) is 12.1 Å². The molecule has 2 N–H and O–H groups in total. The van der Waals surface area contributed by atoms with Crippen LogP contribution in [0.25, 0.3) is 11.3 Å². The van der Waals surface area contributed by atoms with Crippen molar-refractivity contribution in [2.45, 2.75) is 19.9 Å². The molecule has 0 aliphatic carbocycles. The number of aryl methyl sites for hydroxylation is 3. The largest absolute Gasteiger partial charge is 0.383 e. The van der Waals surface area contributed by atoms with Gasteiger partial charge in [-0.15, -0.1) is 0 Å². The number of nitrogen functional groups attached to an aromatic ring is 1. The van der Waals surface area contributed by atoms with Gasteiger partial charge < -0.3 is 14.8 Å². The molecule has 0 aliphatic rings. The fraction of sp³-hybridized carbons (Fsp3) is 0.231. The number of rotatable bonds is 4. The highest BCUT2D eigenvalue weighted by Gasteiger charge is 2.10. The number of hydrogen-bond acceptors (Lipinski definition) is 6. The van der Waals surface area contributed by atoms with E-state index in [0.29, 0.717) is 30.5 Å². The average Bonchev–Trinajstić information content (AvgIpc) is 3.06. The van der Waals surface area contributed by atoms with E-state index in [-0.39, 0.29) is 0 Å². The highest BCUT2D eigenvalue weighted by atomic mass is 16.5. The molecule has 7 heteroatoms. The standard InChI is InChI=1S/C13H14N6O/c1-9-17-12(18-20-9)4-6-19-8-15-7-11(19)10-3-2-5-16-13(10)14/h2-3,5,7-8H,4,6H2,1H3,(H2,14,16). The van der Waals surface area contributed by atoms with Crippen molar-refractivity contribution in [1.82, 2.24) is 24.7 Å². The van der Waals surface area contributed by atoms with Gasteiger partial charge in [0.1, 0.15) is 5.82 Å². The van der Waals surface area contributed by atoms with Crippen LogP contribution in [0.4, 0.5) is 5.82 Å². The van der Waals surface area contributed by atoms with Crippen LogP contribution < -0.4 is 5.73 Å². The third-order valence-corrected chi connectivity index (χ3v) is 2.97. The monoisotopic (exact) mass is 270 g/mol. The molecule has 7 nitrogen and oxygen atoms in total. The van der Waals surface area contributed by atoms with Crippen molar-refractivity contribution in [2.24, 2.45) is 0 Å². The van der Waals surface area contributed by atoms with Crippen molar-refractivity contribution in [3.05, 3.63) is 42.6 Å². The van der Waals surface area contributed by atoms with Crippen LogP contribution in [0.3, 0.4) is 0 Å². The number of anilines is 1. The van der Waals surface area contributed by atoms with E-state index in [0.717, 1.165) is 11.3 Å². The Labute approximate surface area is 115 Å². The molecule has 0 fully saturated rings. The molecule has 3 aromatic rings. The van der Waals surface area contributed by atoms with Crippen molar-refractivity contribution in [3.8, 4) is 11.3 Å². The summed E-state index contributed by atoms with van der Waals surface area (Å²) in [6.45, 7) is 2.47. The van der Waals surface area contributed by atoms with E-state index < -0.39 is 0 Å². The summed E-state index contributed by atoms with van der Waals surface area (Å²) in [4.78, 5) is 12.4. The first kappa shape index (κ1) is 12.3. The maximum absolute atomic E-state index is 5.90. The Morgan fingerprint density at radius 1 is 1.40 bits per heavy atom. The highest BCUT2D eigenvalue weighted by molar-refractivity contribution is 5.70. The molecule has 0 saturated heterocycles. The SMILES string of the molecule is Cc1nc(CCn2cncc2-c2cccnc2N)no1. The Balaban J connectivity index is 1.82. The molecule has 3 rings (SSSR count). The highest BCUT2D eigenvalue weighted by Crippen LogP contribution is 2.23. The van der Waals surface area contributed by atoms with Crippen molar-refractivity contribution in [1.29, 1.82) is 0 Å². The first-order valence-corrected chi connectivity index (χ1v) is 6.24. The van der Waals surface area contributed by atoms with Gasteiger partial charge in [0.2, 0.25) is 5.89 Å². The predicted octanol–water partition coefficient (Wildman–Crippen LogP) is 1.46. The van der Waals surface area contributed by atoms with E-state index in [1.54, 1.807) is 25.6 Å². The summed E-state index contributed by atoms with van der Waals surface area (Å²) < 4.78 is 6.95. The van der Waals surface area contributed by atoms with Crippen molar-refractivity contribution >= 4 is 5.82 Å². The van der Waals surface area contributed by atoms with Gasteiger partial charge in [-0.1, -0.05) is 5.16 Å². The van der Waals surface area contributed by atoms with Gasteiger partial charge >= 0.3 is 0 Å². The zero-order valence-corrected chi connectivity index (χ0v) is 11.0. The number of aromatic nitrogens is 5. The van der Waals surface area contributed by atoms with Crippen LogP contribution in [0.2, 0.25) is 0 Å². The van der Waals surface area contributed by atoms with Crippen LogP contribution in [-0.2, 0) is 13.0 Å². The summed E-state index contributed by atoms with van der Waals surface area (Å²) in [5.74, 6) is 1.74. The molecule has 0 atom stereocenters. The molecule has 0 unspecified atom stereocenters. The lowest BCUT2D eigenvalue weighted by molar-refractivity contribution is 0.386. The summed E-state index contributed by atoms with van der Waals surface area (Å²) >= 11 is 0. The van der Waals surface area contributed by atoms with Gasteiger partial charge in [-0.3, -0.25) is 0 Å². The van der Waals surface area contributed by atoms with Crippen LogP contribution in [-0.4, -0.2) is 24.7 Å². The minimum absolute atomic E-state index is 0.490. The lowest BCUT2D eigenvalue weighted by atomic mass is 10.2. The van der Waals surface area contributed by atoms with E-state index in [4.69, 9.17) is 10.3 Å². The van der Waals surface area contributed by atoms with E-state index >= 15 is 0 Å². The Hall–Kier alpha value is -2.70. The number of imidazole rings is 1. The summed E-state index contributed by atoms with van der Waals surface area (Å²) in [6, 6.07) is 3.78. The van der Waals surface area contributed by atoms with Gasteiger partial charge in [0.25, 0.3) is 0 Å². The minimum atomic E-state index is 0.490. The Morgan fingerprint density at radius 3 is 3.05 bits per heavy atom. The zero-order chi connectivity index (χ0) is 13.9. The van der Waals surface area contributed by atoms with E-state index in [1.807, 2.05) is 16.7 Å². The molecule has 3 heterocycles. The zero-order valence-electron chi connectivity index (χ0n) is 11.0. The Morgan fingerprint density at radius 2 is 2.30 bits per heavy atom. The van der Waals surface area contributed by atoms with Crippen LogP contribution in [0.15, 0.2) is 35.4 Å². The molecular weight excluding hydrogens is 256 g/mol. The number of pyridine rings is 1. The molecule has 102 valence electrons. The summed E-state index contributed by atoms with van der Waals surface area (Å²) in [5, 5.41) is 3.88. The summed E-state index contributed by atoms with van der Waals surface area (Å²) in [6.07, 6.45) is 5.87. The average molecular weight is 270 g/mol. The van der Waals surface area contributed by atoms with Crippen molar-refractivity contribution < 1.29 is 4.52 Å². The third-order valence-electron chi connectivity index (χ3n) is 2.97. The second-order valence-electron chi connectivity index (χ2n) is 4.39. The van der Waals surface area contributed by atoms with Gasteiger partial charge in [0.15, 0.2) is 5.82 Å². The first-order chi connectivity index (χ1) is 9.74. The van der Waals surface area contributed by atoms with Gasteiger partial charge in [0, 0.05) is 31.6 Å². The first-order valence-electron chi connectivity index (χ1n) is 6.24. The van der Waals surface area contributed by atoms with E-state index in [2.05, 4.69) is 20.1 Å². The normalized spacial score (nSPS) is 10.8. The quantitative estimate of drug-likeness (QED) is 0.771. The fourth-order valence-corrected chi connectivity index (χ4v) is 2.02. The molecule has 0 bridgehead atoms. The van der Waals surface area contributed by atoms with Crippen LogP contribution >= 0.6 is 0 Å². The molecule has 0 spiro atoms. The summed E-state index contributed by atoms with van der Waals surface area (Å²) in [5.41, 5.74) is 7.70. The van der Waals surface area contributed by atoms with Crippen molar-refractivity contribution in [2.75, 3.05) is 5.73 Å². The molecular formula is C13H14N6O. The van der Waals surface area contributed by atoms with E-state index in [9.17, 15) is 0 Å². The summed E-state index contributed by atoms with van der Waals surface area (Å²) in [7, 11) is 0. The number of nitrogens with two attached hydrogens (primary N) is 1. The molecule has 0 radical (unpaired) electrons. The molecule has 20 heavy (non-hydrogen) atoms. The predicted molar refractivity (Wildman–Crippen MR) is 72.6 cm³/mol. The molecule has 0 amide bonds. The Bertz CT molecular complexity index is 717.